The lowest BCUT2D eigenvalue weighted by Gasteiger charge is -2.07. The summed E-state index contributed by atoms with van der Waals surface area (Å²) >= 11 is 0. The van der Waals surface area contributed by atoms with Gasteiger partial charge in [-0.25, -0.2) is 4.98 Å². The predicted molar refractivity (Wildman–Crippen MR) is 121 cm³/mol. The maximum atomic E-state index is 12.8. The lowest BCUT2D eigenvalue weighted by atomic mass is 9.99. The topological polar surface area (TPSA) is 93.5 Å². The van der Waals surface area contributed by atoms with E-state index in [9.17, 15) is 14.7 Å². The molecule has 0 fully saturated rings. The smallest absolute Gasteiger partial charge is 0.251 e. The van der Waals surface area contributed by atoms with Crippen molar-refractivity contribution in [1.82, 2.24) is 14.9 Å². The average Bonchev–Trinajstić information content (AvgIpc) is 3.30. The van der Waals surface area contributed by atoms with Crippen molar-refractivity contribution in [2.45, 2.75) is 0 Å². The van der Waals surface area contributed by atoms with Crippen LogP contribution in [0.4, 0.5) is 0 Å². The fourth-order valence-corrected chi connectivity index (χ4v) is 3.99. The first kappa shape index (κ1) is 19.6. The Kier molecular flexibility index (Phi) is 4.52. The molecule has 158 valence electrons. The third-order valence-electron chi connectivity index (χ3n) is 5.53. The number of benzene rings is 2. The standard InChI is InChI=1S/C25H19N3O4/c1-26-25(31)15-8-6-14(7-9-15)17-10-11-27-24-21(17)16(13-28(24)2)12-20-23(30)22-18(29)4-3-5-19(22)32-20/h3-13,29H,1-2H3,(H,26,31)/b20-12-. The van der Waals surface area contributed by atoms with Crippen LogP contribution < -0.4 is 10.1 Å². The van der Waals surface area contributed by atoms with E-state index in [1.807, 2.05) is 36.0 Å². The van der Waals surface area contributed by atoms with Gasteiger partial charge in [0.25, 0.3) is 5.91 Å². The number of allylic oxidation sites excluding steroid dienone is 1. The summed E-state index contributed by atoms with van der Waals surface area (Å²) in [4.78, 5) is 29.2. The maximum Gasteiger partial charge on any atom is 0.251 e. The van der Waals surface area contributed by atoms with Gasteiger partial charge in [-0.15, -0.1) is 0 Å². The number of aromatic nitrogens is 2. The molecular formula is C25H19N3O4. The van der Waals surface area contributed by atoms with Gasteiger partial charge in [-0.1, -0.05) is 18.2 Å². The number of nitrogens with zero attached hydrogens (tertiary/aromatic N) is 2. The highest BCUT2D eigenvalue weighted by atomic mass is 16.5. The van der Waals surface area contributed by atoms with Gasteiger partial charge in [-0.3, -0.25) is 9.59 Å². The predicted octanol–water partition coefficient (Wildman–Crippen LogP) is 3.92. The number of phenolic OH excluding ortho intramolecular Hbond substituents is 1. The second kappa shape index (κ2) is 7.39. The monoisotopic (exact) mass is 425 g/mol. The van der Waals surface area contributed by atoms with E-state index >= 15 is 0 Å². The lowest BCUT2D eigenvalue weighted by molar-refractivity contribution is 0.0962. The number of aromatic hydroxyl groups is 1. The zero-order valence-corrected chi connectivity index (χ0v) is 17.4. The van der Waals surface area contributed by atoms with E-state index in [1.165, 1.54) is 6.07 Å². The van der Waals surface area contributed by atoms with E-state index in [0.29, 0.717) is 11.3 Å². The van der Waals surface area contributed by atoms with E-state index in [1.54, 1.807) is 43.6 Å². The van der Waals surface area contributed by atoms with Crippen molar-refractivity contribution in [3.05, 3.63) is 83.4 Å². The van der Waals surface area contributed by atoms with Crippen molar-refractivity contribution in [2.75, 3.05) is 7.05 Å². The average molecular weight is 425 g/mol. The molecule has 0 aliphatic carbocycles. The molecule has 0 unspecified atom stereocenters. The van der Waals surface area contributed by atoms with Gasteiger partial charge in [0.1, 0.15) is 22.7 Å². The van der Waals surface area contributed by atoms with Crippen molar-refractivity contribution in [2.24, 2.45) is 7.05 Å². The quantitative estimate of drug-likeness (QED) is 0.485. The van der Waals surface area contributed by atoms with Crippen molar-refractivity contribution in [3.63, 3.8) is 0 Å². The van der Waals surface area contributed by atoms with Crippen molar-refractivity contribution < 1.29 is 19.4 Å². The molecule has 32 heavy (non-hydrogen) atoms. The number of ether oxygens (including phenoxy) is 1. The highest BCUT2D eigenvalue weighted by Crippen LogP contribution is 2.39. The number of Topliss-reactive ketones (excluding diaryl/α,β-unsaturated/α-hetero) is 1. The highest BCUT2D eigenvalue weighted by molar-refractivity contribution is 6.17. The molecule has 3 heterocycles. The minimum absolute atomic E-state index is 0.104. The Morgan fingerprint density at radius 3 is 2.66 bits per heavy atom. The van der Waals surface area contributed by atoms with Crippen LogP contribution in [0.5, 0.6) is 11.5 Å². The first-order valence-electron chi connectivity index (χ1n) is 10.0. The van der Waals surface area contributed by atoms with Crippen LogP contribution in [0.25, 0.3) is 28.2 Å². The second-order valence-corrected chi connectivity index (χ2v) is 7.50. The molecule has 0 radical (unpaired) electrons. The molecular weight excluding hydrogens is 406 g/mol. The Morgan fingerprint density at radius 1 is 1.16 bits per heavy atom. The van der Waals surface area contributed by atoms with Gasteiger partial charge in [-0.2, -0.15) is 0 Å². The number of aryl methyl sites for hydroxylation is 1. The summed E-state index contributed by atoms with van der Waals surface area (Å²) in [6.07, 6.45) is 5.28. The van der Waals surface area contributed by atoms with E-state index in [2.05, 4.69) is 10.3 Å². The molecule has 2 N–H and O–H groups in total. The first-order valence-corrected chi connectivity index (χ1v) is 10.0. The molecule has 7 nitrogen and oxygen atoms in total. The third-order valence-corrected chi connectivity index (χ3v) is 5.53. The third kappa shape index (κ3) is 3.02. The number of hydrogen-bond donors (Lipinski definition) is 2. The normalized spacial score (nSPS) is 13.9. The number of amides is 1. The summed E-state index contributed by atoms with van der Waals surface area (Å²) in [7, 11) is 3.48. The largest absolute Gasteiger partial charge is 0.507 e. The second-order valence-electron chi connectivity index (χ2n) is 7.50. The number of ketones is 1. The fraction of sp³-hybridized carbons (Fsp3) is 0.0800. The van der Waals surface area contributed by atoms with E-state index in [4.69, 9.17) is 4.74 Å². The molecule has 0 saturated carbocycles. The number of carbonyl (C=O) groups is 2. The summed E-state index contributed by atoms with van der Waals surface area (Å²) in [6, 6.07) is 13.9. The summed E-state index contributed by atoms with van der Waals surface area (Å²) in [5.41, 5.74) is 4.07. The van der Waals surface area contributed by atoms with Crippen LogP contribution in [0.3, 0.4) is 0 Å². The van der Waals surface area contributed by atoms with Gasteiger partial charge in [0, 0.05) is 43.0 Å². The van der Waals surface area contributed by atoms with Crippen LogP contribution in [-0.2, 0) is 7.05 Å². The van der Waals surface area contributed by atoms with Crippen LogP contribution in [0, 0.1) is 0 Å². The molecule has 7 heteroatoms. The molecule has 4 aromatic rings. The highest BCUT2D eigenvalue weighted by Gasteiger charge is 2.30. The number of carbonyl (C=O) groups excluding carboxylic acids is 2. The Hall–Kier alpha value is -4.39. The molecule has 0 saturated heterocycles. The maximum absolute atomic E-state index is 12.8. The minimum atomic E-state index is -0.365. The summed E-state index contributed by atoms with van der Waals surface area (Å²) in [5, 5.41) is 13.5. The minimum Gasteiger partial charge on any atom is -0.507 e. The van der Waals surface area contributed by atoms with Crippen LogP contribution in [0.2, 0.25) is 0 Å². The number of hydrogen-bond acceptors (Lipinski definition) is 5. The summed E-state index contributed by atoms with van der Waals surface area (Å²) < 4.78 is 7.62. The molecule has 5 rings (SSSR count). The zero-order valence-electron chi connectivity index (χ0n) is 17.4. The summed E-state index contributed by atoms with van der Waals surface area (Å²) in [5.74, 6) is -0.146. The Labute approximate surface area is 183 Å². The molecule has 0 atom stereocenters. The number of pyridine rings is 1. The van der Waals surface area contributed by atoms with Crippen molar-refractivity contribution in [3.8, 4) is 22.6 Å². The number of nitrogens with one attached hydrogen (secondary N) is 1. The van der Waals surface area contributed by atoms with Gasteiger partial charge in [0.05, 0.1) is 0 Å². The van der Waals surface area contributed by atoms with E-state index in [0.717, 1.165) is 27.7 Å². The van der Waals surface area contributed by atoms with E-state index in [-0.39, 0.29) is 28.8 Å². The Bertz CT molecular complexity index is 1430. The van der Waals surface area contributed by atoms with Crippen molar-refractivity contribution in [1.29, 1.82) is 0 Å². The van der Waals surface area contributed by atoms with Crippen LogP contribution in [0.15, 0.2) is 66.7 Å². The van der Waals surface area contributed by atoms with Gasteiger partial charge in [0.15, 0.2) is 5.76 Å². The lowest BCUT2D eigenvalue weighted by Crippen LogP contribution is -2.17. The number of rotatable bonds is 3. The Balaban J connectivity index is 1.63. The fourth-order valence-electron chi connectivity index (χ4n) is 3.99. The Morgan fingerprint density at radius 2 is 1.94 bits per heavy atom. The van der Waals surface area contributed by atoms with Gasteiger partial charge in [-0.05, 0) is 47.5 Å². The SMILES string of the molecule is CNC(=O)c1ccc(-c2ccnc3c2c(/C=C2\Oc4cccc(O)c4C2=O)cn3C)cc1. The van der Waals surface area contributed by atoms with Gasteiger partial charge >= 0.3 is 0 Å². The molecule has 0 spiro atoms. The van der Waals surface area contributed by atoms with Crippen LogP contribution in [0.1, 0.15) is 26.3 Å². The van der Waals surface area contributed by atoms with Gasteiger partial charge < -0.3 is 19.7 Å². The summed E-state index contributed by atoms with van der Waals surface area (Å²) in [6.45, 7) is 0. The molecule has 1 amide bonds. The number of phenols is 1. The van der Waals surface area contributed by atoms with Crippen molar-refractivity contribution >= 4 is 28.8 Å². The van der Waals surface area contributed by atoms with Crippen LogP contribution in [-0.4, -0.2) is 33.4 Å². The van der Waals surface area contributed by atoms with Gasteiger partial charge in [0.2, 0.25) is 5.78 Å². The molecule has 1 aliphatic rings. The molecule has 0 bridgehead atoms. The van der Waals surface area contributed by atoms with E-state index < -0.39 is 0 Å². The zero-order chi connectivity index (χ0) is 22.4. The van der Waals surface area contributed by atoms with Crippen LogP contribution >= 0.6 is 0 Å². The number of fused-ring (bicyclic) bond motifs is 2. The molecule has 2 aromatic carbocycles. The first-order chi connectivity index (χ1) is 15.5. The molecule has 2 aromatic heterocycles. The molecule has 1 aliphatic heterocycles.